The van der Waals surface area contributed by atoms with Gasteiger partial charge >= 0.3 is 0 Å². The Bertz CT molecular complexity index is 1700. The number of methoxy groups -OCH3 is 1. The Morgan fingerprint density at radius 3 is 2.09 bits per heavy atom. The Labute approximate surface area is 277 Å². The van der Waals surface area contributed by atoms with Crippen LogP contribution in [0.5, 0.6) is 5.75 Å². The van der Waals surface area contributed by atoms with Gasteiger partial charge in [0.05, 0.1) is 17.7 Å². The fraction of sp³-hybridized carbons (Fsp3) is 0.278. The molecular formula is C36H40ClN3O5S. The van der Waals surface area contributed by atoms with Crippen LogP contribution in [-0.4, -0.2) is 50.9 Å². The molecule has 0 fully saturated rings. The van der Waals surface area contributed by atoms with E-state index in [4.69, 9.17) is 16.3 Å². The molecule has 242 valence electrons. The lowest BCUT2D eigenvalue weighted by Crippen LogP contribution is -2.54. The minimum Gasteiger partial charge on any atom is -0.497 e. The smallest absolute Gasteiger partial charge is 0.264 e. The van der Waals surface area contributed by atoms with Crippen LogP contribution in [0.1, 0.15) is 37.0 Å². The van der Waals surface area contributed by atoms with E-state index in [1.165, 1.54) is 24.1 Å². The van der Waals surface area contributed by atoms with E-state index in [0.29, 0.717) is 22.9 Å². The first-order valence-corrected chi connectivity index (χ1v) is 16.9. The summed E-state index contributed by atoms with van der Waals surface area (Å²) in [6.07, 6.45) is 0.939. The molecule has 4 rings (SSSR count). The second-order valence-electron chi connectivity index (χ2n) is 11.2. The van der Waals surface area contributed by atoms with Gasteiger partial charge in [-0.1, -0.05) is 78.7 Å². The predicted octanol–water partition coefficient (Wildman–Crippen LogP) is 6.41. The highest BCUT2D eigenvalue weighted by molar-refractivity contribution is 7.92. The van der Waals surface area contributed by atoms with Gasteiger partial charge in [-0.2, -0.15) is 0 Å². The van der Waals surface area contributed by atoms with Crippen LogP contribution >= 0.6 is 11.6 Å². The minimum atomic E-state index is -4.21. The summed E-state index contributed by atoms with van der Waals surface area (Å²) in [5.41, 5.74) is 2.87. The van der Waals surface area contributed by atoms with Gasteiger partial charge in [0.2, 0.25) is 11.8 Å². The van der Waals surface area contributed by atoms with Gasteiger partial charge in [0.15, 0.2) is 0 Å². The molecule has 8 nitrogen and oxygen atoms in total. The van der Waals surface area contributed by atoms with Crippen molar-refractivity contribution in [2.75, 3.05) is 18.0 Å². The third kappa shape index (κ3) is 8.89. The van der Waals surface area contributed by atoms with Crippen LogP contribution in [0.4, 0.5) is 5.69 Å². The quantitative estimate of drug-likeness (QED) is 0.169. The number of nitrogens with one attached hydrogen (secondary N) is 1. The average Bonchev–Trinajstić information content (AvgIpc) is 3.06. The van der Waals surface area contributed by atoms with Crippen molar-refractivity contribution in [1.29, 1.82) is 0 Å². The van der Waals surface area contributed by atoms with Crippen molar-refractivity contribution in [3.05, 3.63) is 125 Å². The molecule has 0 unspecified atom stereocenters. The Morgan fingerprint density at radius 2 is 1.50 bits per heavy atom. The largest absolute Gasteiger partial charge is 0.497 e. The van der Waals surface area contributed by atoms with Crippen LogP contribution in [-0.2, 0) is 32.6 Å². The van der Waals surface area contributed by atoms with E-state index >= 15 is 0 Å². The van der Waals surface area contributed by atoms with Crippen molar-refractivity contribution < 1.29 is 22.7 Å². The van der Waals surface area contributed by atoms with E-state index < -0.39 is 28.5 Å². The summed E-state index contributed by atoms with van der Waals surface area (Å²) >= 11 is 6.15. The van der Waals surface area contributed by atoms with Crippen molar-refractivity contribution >= 4 is 39.1 Å². The lowest BCUT2D eigenvalue weighted by molar-refractivity contribution is -0.140. The molecule has 0 aromatic heterocycles. The van der Waals surface area contributed by atoms with E-state index in [-0.39, 0.29) is 29.8 Å². The number of sulfonamides is 1. The molecule has 10 heteroatoms. The first kappa shape index (κ1) is 34.5. The number of anilines is 1. The topological polar surface area (TPSA) is 96.0 Å². The summed E-state index contributed by atoms with van der Waals surface area (Å²) in [5, 5.41) is 3.58. The lowest BCUT2D eigenvalue weighted by Gasteiger charge is -2.34. The first-order chi connectivity index (χ1) is 22.0. The number of rotatable bonds is 14. The average molecular weight is 662 g/mol. The number of nitrogens with zero attached hydrogens (tertiary/aromatic N) is 2. The summed E-state index contributed by atoms with van der Waals surface area (Å²) in [6, 6.07) is 28.4. The number of amides is 2. The summed E-state index contributed by atoms with van der Waals surface area (Å²) in [4.78, 5) is 29.9. The maximum atomic E-state index is 14.5. The predicted molar refractivity (Wildman–Crippen MR) is 183 cm³/mol. The van der Waals surface area contributed by atoms with Gasteiger partial charge in [-0.3, -0.25) is 13.9 Å². The third-order valence-electron chi connectivity index (χ3n) is 7.79. The fourth-order valence-electron chi connectivity index (χ4n) is 4.90. The summed E-state index contributed by atoms with van der Waals surface area (Å²) < 4.78 is 34.7. The number of aryl methyl sites for hydroxylation is 1. The molecule has 0 spiro atoms. The van der Waals surface area contributed by atoms with Gasteiger partial charge in [0.1, 0.15) is 18.3 Å². The number of benzene rings is 4. The Kier molecular flexibility index (Phi) is 11.8. The molecule has 1 N–H and O–H groups in total. The molecule has 4 aromatic carbocycles. The molecule has 2 amide bonds. The third-order valence-corrected chi connectivity index (χ3v) is 9.83. The molecule has 4 aromatic rings. The number of hydrogen-bond donors (Lipinski definition) is 1. The molecule has 0 aliphatic carbocycles. The second-order valence-corrected chi connectivity index (χ2v) is 13.5. The normalized spacial score (nSPS) is 12.5. The van der Waals surface area contributed by atoms with Crippen LogP contribution in [0, 0.1) is 6.92 Å². The van der Waals surface area contributed by atoms with Gasteiger partial charge < -0.3 is 15.0 Å². The highest BCUT2D eigenvalue weighted by atomic mass is 35.5. The number of halogens is 1. The maximum absolute atomic E-state index is 14.5. The highest BCUT2D eigenvalue weighted by Gasteiger charge is 2.35. The minimum absolute atomic E-state index is 0.00118. The van der Waals surface area contributed by atoms with E-state index in [1.54, 1.807) is 60.7 Å². The number of carbonyl (C=O) groups is 2. The van der Waals surface area contributed by atoms with E-state index in [0.717, 1.165) is 21.0 Å². The van der Waals surface area contributed by atoms with Crippen LogP contribution in [0.15, 0.2) is 108 Å². The zero-order valence-corrected chi connectivity index (χ0v) is 28.1. The summed E-state index contributed by atoms with van der Waals surface area (Å²) in [7, 11) is -2.72. The molecule has 0 saturated heterocycles. The standard InChI is InChI=1S/C36H40ClN3O5S/c1-5-27(3)38-36(42)34(23-28-9-7-6-8-10-28)39(24-29-13-15-30(37)16-14-29)35(41)25-40(31-17-11-26(2)12-18-31)46(43,44)33-21-19-32(45-4)20-22-33/h6-22,27,34H,5,23-25H2,1-4H3,(H,38,42)/t27-,34+/m1/s1. The molecule has 2 atom stereocenters. The SMILES string of the molecule is CC[C@@H](C)NC(=O)[C@H](Cc1ccccc1)N(Cc1ccc(Cl)cc1)C(=O)CN(c1ccc(C)cc1)S(=O)(=O)c1ccc(OC)cc1. The molecule has 0 aliphatic heterocycles. The van der Waals surface area contributed by atoms with Crippen LogP contribution in [0.25, 0.3) is 0 Å². The fourth-order valence-corrected chi connectivity index (χ4v) is 6.44. The molecule has 0 heterocycles. The second kappa shape index (κ2) is 15.8. The van der Waals surface area contributed by atoms with Crippen molar-refractivity contribution in [2.45, 2.75) is 57.1 Å². The highest BCUT2D eigenvalue weighted by Crippen LogP contribution is 2.27. The van der Waals surface area contributed by atoms with Crippen molar-refractivity contribution in [3.63, 3.8) is 0 Å². The zero-order chi connectivity index (χ0) is 33.3. The van der Waals surface area contributed by atoms with Crippen molar-refractivity contribution in [2.24, 2.45) is 0 Å². The van der Waals surface area contributed by atoms with Crippen LogP contribution in [0.2, 0.25) is 5.02 Å². The number of ether oxygens (including phenoxy) is 1. The molecular weight excluding hydrogens is 622 g/mol. The van der Waals surface area contributed by atoms with E-state index in [1.807, 2.05) is 51.1 Å². The van der Waals surface area contributed by atoms with Gasteiger partial charge in [-0.05, 0) is 79.9 Å². The Morgan fingerprint density at radius 1 is 0.870 bits per heavy atom. The Balaban J connectivity index is 1.80. The molecule has 0 saturated carbocycles. The van der Waals surface area contributed by atoms with Gasteiger partial charge in [-0.15, -0.1) is 0 Å². The van der Waals surface area contributed by atoms with Gasteiger partial charge in [0.25, 0.3) is 10.0 Å². The Hall–Kier alpha value is -4.34. The number of hydrogen-bond acceptors (Lipinski definition) is 5. The summed E-state index contributed by atoms with van der Waals surface area (Å²) in [5.74, 6) is -0.351. The van der Waals surface area contributed by atoms with Crippen molar-refractivity contribution in [1.82, 2.24) is 10.2 Å². The van der Waals surface area contributed by atoms with Gasteiger partial charge in [-0.25, -0.2) is 8.42 Å². The zero-order valence-electron chi connectivity index (χ0n) is 26.5. The maximum Gasteiger partial charge on any atom is 0.264 e. The van der Waals surface area contributed by atoms with Crippen LogP contribution in [0.3, 0.4) is 0 Å². The van der Waals surface area contributed by atoms with Gasteiger partial charge in [0, 0.05) is 24.0 Å². The molecule has 46 heavy (non-hydrogen) atoms. The molecule has 0 aliphatic rings. The van der Waals surface area contributed by atoms with E-state index in [9.17, 15) is 18.0 Å². The number of carbonyl (C=O) groups excluding carboxylic acids is 2. The van der Waals surface area contributed by atoms with Crippen LogP contribution < -0.4 is 14.4 Å². The summed E-state index contributed by atoms with van der Waals surface area (Å²) in [6.45, 7) is 5.30. The monoisotopic (exact) mass is 661 g/mol. The molecule has 0 radical (unpaired) electrons. The molecule has 0 bridgehead atoms. The lowest BCUT2D eigenvalue weighted by atomic mass is 10.0. The first-order valence-electron chi connectivity index (χ1n) is 15.1. The van der Waals surface area contributed by atoms with E-state index in [2.05, 4.69) is 5.32 Å². The van der Waals surface area contributed by atoms with Crippen molar-refractivity contribution in [3.8, 4) is 5.75 Å².